The summed E-state index contributed by atoms with van der Waals surface area (Å²) in [5.41, 5.74) is -0.0898. The summed E-state index contributed by atoms with van der Waals surface area (Å²) in [6.07, 6.45) is 1.32. The highest BCUT2D eigenvalue weighted by Gasteiger charge is 2.53. The van der Waals surface area contributed by atoms with E-state index in [4.69, 9.17) is 4.74 Å². The summed E-state index contributed by atoms with van der Waals surface area (Å²) in [6, 6.07) is 35.4. The third-order valence-corrected chi connectivity index (χ3v) is 8.00. The molecular formula is C35H28FN3O4. The fraction of sp³-hybridized carbons (Fsp3) is 0.143. The summed E-state index contributed by atoms with van der Waals surface area (Å²) in [5, 5.41) is 2.61. The first-order valence-electron chi connectivity index (χ1n) is 13.8. The zero-order chi connectivity index (χ0) is 30.0. The van der Waals surface area contributed by atoms with Gasteiger partial charge in [0.15, 0.2) is 0 Å². The Morgan fingerprint density at radius 1 is 0.814 bits per heavy atom. The normalized spacial score (nSPS) is 16.3. The van der Waals surface area contributed by atoms with Crippen LogP contribution < -0.4 is 5.32 Å². The SMILES string of the molecule is COC(=O)[C@]1(Cc2cn(C(c3ccccc3)(c3ccccc3)c3ccccc3)c(CF)n2)NC(=O)c2ccccc2C1=O. The van der Waals surface area contributed by atoms with Crippen LogP contribution in [-0.2, 0) is 28.2 Å². The topological polar surface area (TPSA) is 90.3 Å². The van der Waals surface area contributed by atoms with E-state index in [1.165, 1.54) is 12.1 Å². The van der Waals surface area contributed by atoms with Gasteiger partial charge in [0, 0.05) is 18.2 Å². The maximum absolute atomic E-state index is 15.0. The molecule has 1 atom stereocenters. The molecule has 2 heterocycles. The molecule has 0 spiro atoms. The maximum Gasteiger partial charge on any atom is 0.340 e. The number of aromatic nitrogens is 2. The van der Waals surface area contributed by atoms with Crippen molar-refractivity contribution in [3.8, 4) is 0 Å². The van der Waals surface area contributed by atoms with E-state index >= 15 is 0 Å². The van der Waals surface area contributed by atoms with Gasteiger partial charge in [-0.15, -0.1) is 0 Å². The van der Waals surface area contributed by atoms with Crippen molar-refractivity contribution >= 4 is 17.7 Å². The number of Topliss-reactive ketones (excluding diaryl/α,β-unsaturated/α-hetero) is 1. The first kappa shape index (κ1) is 27.8. The number of methoxy groups -OCH3 is 1. The third-order valence-electron chi connectivity index (χ3n) is 8.00. The molecule has 7 nitrogen and oxygen atoms in total. The molecule has 1 N–H and O–H groups in total. The largest absolute Gasteiger partial charge is 0.467 e. The van der Waals surface area contributed by atoms with Crippen LogP contribution in [0.5, 0.6) is 0 Å². The molecular weight excluding hydrogens is 545 g/mol. The molecule has 8 heteroatoms. The number of alkyl halides is 1. The molecule has 0 aliphatic carbocycles. The molecule has 43 heavy (non-hydrogen) atoms. The van der Waals surface area contributed by atoms with Crippen LogP contribution in [0.15, 0.2) is 121 Å². The van der Waals surface area contributed by atoms with Crippen LogP contribution >= 0.6 is 0 Å². The Balaban J connectivity index is 1.59. The van der Waals surface area contributed by atoms with Crippen molar-refractivity contribution in [2.75, 3.05) is 7.11 Å². The fourth-order valence-electron chi connectivity index (χ4n) is 6.11. The van der Waals surface area contributed by atoms with Gasteiger partial charge in [0.1, 0.15) is 18.0 Å². The Hall–Kier alpha value is -5.37. The van der Waals surface area contributed by atoms with Crippen LogP contribution in [0.3, 0.4) is 0 Å². The Bertz CT molecular complexity index is 1710. The molecule has 0 unspecified atom stereocenters. The highest BCUT2D eigenvalue weighted by Crippen LogP contribution is 2.42. The van der Waals surface area contributed by atoms with E-state index < -0.39 is 35.4 Å². The lowest BCUT2D eigenvalue weighted by Gasteiger charge is -2.38. The van der Waals surface area contributed by atoms with Crippen LogP contribution in [0.25, 0.3) is 0 Å². The minimum atomic E-state index is -2.08. The fourth-order valence-corrected chi connectivity index (χ4v) is 6.11. The highest BCUT2D eigenvalue weighted by molar-refractivity contribution is 6.25. The average Bonchev–Trinajstić information content (AvgIpc) is 3.47. The number of ether oxygens (including phenoxy) is 1. The number of rotatable bonds is 8. The average molecular weight is 574 g/mol. The van der Waals surface area contributed by atoms with Crippen molar-refractivity contribution in [2.24, 2.45) is 0 Å². The molecule has 0 radical (unpaired) electrons. The summed E-state index contributed by atoms with van der Waals surface area (Å²) in [7, 11) is 1.15. The molecule has 5 aromatic rings. The number of halogens is 1. The Morgan fingerprint density at radius 2 is 1.30 bits per heavy atom. The minimum absolute atomic E-state index is 0.0848. The summed E-state index contributed by atoms with van der Waals surface area (Å²) >= 11 is 0. The number of hydrogen-bond donors (Lipinski definition) is 1. The predicted molar refractivity (Wildman–Crippen MR) is 158 cm³/mol. The molecule has 0 bridgehead atoms. The molecule has 0 fully saturated rings. The number of esters is 1. The molecule has 4 aromatic carbocycles. The number of imidazole rings is 1. The van der Waals surface area contributed by atoms with Crippen molar-refractivity contribution < 1.29 is 23.5 Å². The second-order valence-corrected chi connectivity index (χ2v) is 10.4. The molecule has 1 aromatic heterocycles. The maximum atomic E-state index is 15.0. The zero-order valence-corrected chi connectivity index (χ0v) is 23.4. The van der Waals surface area contributed by atoms with Crippen molar-refractivity contribution in [1.82, 2.24) is 14.9 Å². The summed E-state index contributed by atoms with van der Waals surface area (Å²) < 4.78 is 21.8. The summed E-state index contributed by atoms with van der Waals surface area (Å²) in [4.78, 5) is 45.0. The summed E-state index contributed by atoms with van der Waals surface area (Å²) in [5.74, 6) is -2.05. The van der Waals surface area contributed by atoms with E-state index in [1.54, 1.807) is 22.9 Å². The molecule has 1 aliphatic rings. The first-order chi connectivity index (χ1) is 21.0. The lowest BCUT2D eigenvalue weighted by molar-refractivity contribution is -0.146. The van der Waals surface area contributed by atoms with Crippen LogP contribution in [0.2, 0.25) is 0 Å². The second kappa shape index (κ2) is 11.1. The van der Waals surface area contributed by atoms with Crippen molar-refractivity contribution in [3.05, 3.63) is 161 Å². The van der Waals surface area contributed by atoms with Gasteiger partial charge >= 0.3 is 5.97 Å². The van der Waals surface area contributed by atoms with E-state index in [1.807, 2.05) is 91.0 Å². The van der Waals surface area contributed by atoms with E-state index in [-0.39, 0.29) is 29.1 Å². The van der Waals surface area contributed by atoms with Gasteiger partial charge in [-0.05, 0) is 22.8 Å². The van der Waals surface area contributed by atoms with Gasteiger partial charge in [-0.1, -0.05) is 109 Å². The number of nitrogens with one attached hydrogen (secondary N) is 1. The van der Waals surface area contributed by atoms with Gasteiger partial charge in [0.25, 0.3) is 5.91 Å². The molecule has 6 rings (SSSR count). The molecule has 1 amide bonds. The third kappa shape index (κ3) is 4.43. The molecule has 214 valence electrons. The smallest absolute Gasteiger partial charge is 0.340 e. The van der Waals surface area contributed by atoms with Gasteiger partial charge in [-0.25, -0.2) is 14.2 Å². The first-order valence-corrected chi connectivity index (χ1v) is 13.8. The Morgan fingerprint density at radius 3 is 1.79 bits per heavy atom. The highest BCUT2D eigenvalue weighted by atomic mass is 19.1. The lowest BCUT2D eigenvalue weighted by atomic mass is 9.76. The van der Waals surface area contributed by atoms with E-state index in [0.717, 1.165) is 23.8 Å². The number of carbonyl (C=O) groups excluding carboxylic acids is 3. The standard InChI is InChI=1S/C35H28FN3O4/c1-43-33(42)34(31(40)28-19-11-12-20-29(28)32(41)38-34)21-27-23-39(30(22-36)37-27)35(24-13-5-2-6-14-24,25-15-7-3-8-16-25)26-17-9-4-10-18-26/h2-20,23H,21-22H2,1H3,(H,38,41)/t34-/m1/s1. The molecule has 0 saturated carbocycles. The monoisotopic (exact) mass is 573 g/mol. The number of nitrogens with zero attached hydrogens (tertiary/aromatic N) is 2. The van der Waals surface area contributed by atoms with Crippen molar-refractivity contribution in [1.29, 1.82) is 0 Å². The van der Waals surface area contributed by atoms with E-state index in [2.05, 4.69) is 10.3 Å². The second-order valence-electron chi connectivity index (χ2n) is 10.4. The number of amides is 1. The number of fused-ring (bicyclic) bond motifs is 1. The number of ketones is 1. The van der Waals surface area contributed by atoms with Crippen LogP contribution in [-0.4, -0.2) is 39.9 Å². The number of benzene rings is 4. The van der Waals surface area contributed by atoms with Gasteiger partial charge in [-0.2, -0.15) is 0 Å². The number of carbonyl (C=O) groups is 3. The molecule has 0 saturated heterocycles. The van der Waals surface area contributed by atoms with Gasteiger partial charge in [0.05, 0.1) is 18.4 Å². The van der Waals surface area contributed by atoms with E-state index in [9.17, 15) is 18.8 Å². The van der Waals surface area contributed by atoms with Crippen LogP contribution in [0, 0.1) is 0 Å². The number of hydrogen-bond acceptors (Lipinski definition) is 5. The molecule has 1 aliphatic heterocycles. The van der Waals surface area contributed by atoms with Crippen molar-refractivity contribution in [2.45, 2.75) is 24.2 Å². The predicted octanol–water partition coefficient (Wildman–Crippen LogP) is 5.27. The van der Waals surface area contributed by atoms with E-state index in [0.29, 0.717) is 0 Å². The van der Waals surface area contributed by atoms with Crippen LogP contribution in [0.1, 0.15) is 48.9 Å². The Kier molecular flexibility index (Phi) is 7.19. The van der Waals surface area contributed by atoms with Gasteiger partial charge < -0.3 is 14.6 Å². The Labute approximate surface area is 248 Å². The summed E-state index contributed by atoms with van der Waals surface area (Å²) in [6.45, 7) is -0.928. The minimum Gasteiger partial charge on any atom is -0.467 e. The lowest BCUT2D eigenvalue weighted by Crippen LogP contribution is -2.64. The van der Waals surface area contributed by atoms with Gasteiger partial charge in [-0.3, -0.25) is 9.59 Å². The van der Waals surface area contributed by atoms with Gasteiger partial charge in [0.2, 0.25) is 11.3 Å². The zero-order valence-electron chi connectivity index (χ0n) is 23.4. The van der Waals surface area contributed by atoms with Crippen molar-refractivity contribution in [3.63, 3.8) is 0 Å². The van der Waals surface area contributed by atoms with Crippen LogP contribution in [0.4, 0.5) is 4.39 Å². The quantitative estimate of drug-likeness (QED) is 0.155.